The number of alkyl halides is 10. The normalized spacial score (nSPS) is 42.2. The van der Waals surface area contributed by atoms with Crippen LogP contribution in [0.5, 0.6) is 0 Å². The summed E-state index contributed by atoms with van der Waals surface area (Å²) in [6.07, 6.45) is 0. The second-order valence-corrected chi connectivity index (χ2v) is 5.01. The fourth-order valence-corrected chi connectivity index (χ4v) is 2.15. The molecule has 1 fully saturated rings. The lowest BCUT2D eigenvalue weighted by Crippen LogP contribution is -2.78. The fraction of sp³-hybridized carbons (Fsp3) is 1.00. The first-order valence-corrected chi connectivity index (χ1v) is 5.24. The number of rotatable bonds is 0. The molecule has 0 nitrogen and oxygen atoms in total. The van der Waals surface area contributed by atoms with Crippen LogP contribution in [0.1, 0.15) is 6.92 Å². The number of hydrogen-bond acceptors (Lipinski definition) is 0. The van der Waals surface area contributed by atoms with E-state index in [2.05, 4.69) is 0 Å². The van der Waals surface area contributed by atoms with E-state index in [1.54, 1.807) is 0 Å². The molecular weight excluding hydrogens is 382 g/mol. The van der Waals surface area contributed by atoms with Crippen molar-refractivity contribution in [2.45, 2.75) is 40.2 Å². The zero-order chi connectivity index (χ0) is 14.1. The first kappa shape index (κ1) is 15.2. The Bertz CT molecular complexity index is 304. The predicted molar refractivity (Wildman–Crippen MR) is 47.1 cm³/mol. The average Bonchev–Trinajstić information content (AvgIpc) is 2.13. The van der Waals surface area contributed by atoms with Gasteiger partial charge in [0.15, 0.2) is 3.92 Å². The molecule has 1 saturated carbocycles. The molecule has 0 aliphatic heterocycles. The first-order valence-electron chi connectivity index (χ1n) is 4.00. The van der Waals surface area contributed by atoms with Gasteiger partial charge in [-0.3, -0.25) is 0 Å². The van der Waals surface area contributed by atoms with Gasteiger partial charge in [0.25, 0.3) is 0 Å². The first-order chi connectivity index (χ1) is 7.15. The molecule has 0 spiro atoms. The summed E-state index contributed by atoms with van der Waals surface area (Å²) in [6, 6.07) is 0. The summed E-state index contributed by atoms with van der Waals surface area (Å²) in [5.41, 5.74) is -5.35. The fourth-order valence-electron chi connectivity index (χ4n) is 1.37. The van der Waals surface area contributed by atoms with Gasteiger partial charge in [0.05, 0.1) is 0 Å². The average molecular weight is 386 g/mol. The zero-order valence-corrected chi connectivity index (χ0v) is 10.0. The monoisotopic (exact) mass is 386 g/mol. The Labute approximate surface area is 103 Å². The van der Waals surface area contributed by atoms with E-state index in [0.29, 0.717) is 0 Å². The van der Waals surface area contributed by atoms with Crippen LogP contribution >= 0.6 is 22.6 Å². The molecule has 0 unspecified atom stereocenters. The maximum atomic E-state index is 13.1. The molecule has 0 bridgehead atoms. The van der Waals surface area contributed by atoms with E-state index < -0.39 is 40.2 Å². The molecule has 0 aromatic rings. The smallest absolute Gasteiger partial charge is 0.230 e. The lowest BCUT2D eigenvalue weighted by Gasteiger charge is -2.50. The summed E-state index contributed by atoms with van der Waals surface area (Å²) in [4.78, 5) is 0. The Morgan fingerprint density at radius 3 is 1.18 bits per heavy atom. The molecule has 1 aliphatic rings. The molecule has 0 saturated heterocycles. The van der Waals surface area contributed by atoms with E-state index in [1.165, 1.54) is 0 Å². The van der Waals surface area contributed by atoms with Crippen LogP contribution in [0.4, 0.5) is 39.5 Å². The molecular formula is C7H4F9I. The summed E-state index contributed by atoms with van der Waals surface area (Å²) in [5.74, 6) is -23.0. The summed E-state index contributed by atoms with van der Waals surface area (Å²) in [5, 5.41) is 0. The van der Waals surface area contributed by atoms with Gasteiger partial charge in [0.2, 0.25) is 5.67 Å². The van der Waals surface area contributed by atoms with Crippen LogP contribution in [0, 0.1) is 0 Å². The molecule has 0 aromatic carbocycles. The zero-order valence-electron chi connectivity index (χ0n) is 7.86. The van der Waals surface area contributed by atoms with Crippen molar-refractivity contribution in [2.24, 2.45) is 0 Å². The highest BCUT2D eigenvalue weighted by Crippen LogP contribution is 2.65. The highest BCUT2D eigenvalue weighted by atomic mass is 127. The van der Waals surface area contributed by atoms with Gasteiger partial charge < -0.3 is 0 Å². The minimum Gasteiger partial charge on any atom is -0.230 e. The quantitative estimate of drug-likeness (QED) is 0.335. The third-order valence-electron chi connectivity index (χ3n) is 2.65. The Hall–Kier alpha value is 0.1000. The maximum absolute atomic E-state index is 13.1. The van der Waals surface area contributed by atoms with Gasteiger partial charge in [-0.2, -0.15) is 35.1 Å². The van der Waals surface area contributed by atoms with Crippen molar-refractivity contribution < 1.29 is 39.5 Å². The largest absolute Gasteiger partial charge is 0.350 e. The van der Waals surface area contributed by atoms with Crippen LogP contribution in [0.15, 0.2) is 0 Å². The van der Waals surface area contributed by atoms with Crippen molar-refractivity contribution in [3.63, 3.8) is 0 Å². The molecule has 0 atom stereocenters. The van der Waals surface area contributed by atoms with Crippen molar-refractivity contribution in [1.29, 1.82) is 0 Å². The number of halogens is 10. The van der Waals surface area contributed by atoms with Crippen LogP contribution in [-0.2, 0) is 0 Å². The minimum atomic E-state index is -5.91. The summed E-state index contributed by atoms with van der Waals surface area (Å²) >= 11 is 0.0828. The standard InChI is InChI=1S/C7H4F9I/c1-3(8)6(13,14)4(9,10)2(17)5(11,12)7(3,15)16/h2H,1H3. The molecule has 0 amide bonds. The van der Waals surface area contributed by atoms with Gasteiger partial charge in [0.1, 0.15) is 0 Å². The number of hydrogen-bond donors (Lipinski definition) is 0. The van der Waals surface area contributed by atoms with Crippen molar-refractivity contribution in [1.82, 2.24) is 0 Å². The SMILES string of the molecule is CC1(F)C(F)(F)C(F)(F)C(I)C(F)(F)C1(F)F. The van der Waals surface area contributed by atoms with Crippen LogP contribution < -0.4 is 0 Å². The predicted octanol–water partition coefficient (Wildman–Crippen LogP) is 4.07. The lowest BCUT2D eigenvalue weighted by molar-refractivity contribution is -0.400. The Kier molecular flexibility index (Phi) is 2.99. The highest BCUT2D eigenvalue weighted by Gasteiger charge is 2.91. The summed E-state index contributed by atoms with van der Waals surface area (Å²) in [7, 11) is 0. The Morgan fingerprint density at radius 2 is 0.941 bits per heavy atom. The molecule has 1 rings (SSSR count). The molecule has 10 heteroatoms. The van der Waals surface area contributed by atoms with Crippen LogP contribution in [0.3, 0.4) is 0 Å². The van der Waals surface area contributed by atoms with E-state index in [0.717, 1.165) is 0 Å². The van der Waals surface area contributed by atoms with E-state index in [-0.39, 0.29) is 22.6 Å². The van der Waals surface area contributed by atoms with Gasteiger partial charge >= 0.3 is 23.7 Å². The van der Waals surface area contributed by atoms with Crippen molar-refractivity contribution in [3.05, 3.63) is 0 Å². The molecule has 1 aliphatic carbocycles. The Morgan fingerprint density at radius 1 is 0.706 bits per heavy atom. The van der Waals surface area contributed by atoms with E-state index >= 15 is 0 Å². The minimum absolute atomic E-state index is 0.0828. The second-order valence-electron chi connectivity index (χ2n) is 3.76. The molecule has 0 radical (unpaired) electrons. The highest BCUT2D eigenvalue weighted by molar-refractivity contribution is 14.1. The van der Waals surface area contributed by atoms with E-state index in [1.807, 2.05) is 0 Å². The van der Waals surface area contributed by atoms with Crippen molar-refractivity contribution in [2.75, 3.05) is 0 Å². The second kappa shape index (κ2) is 3.35. The van der Waals surface area contributed by atoms with Crippen molar-refractivity contribution in [3.8, 4) is 0 Å². The molecule has 0 heterocycles. The van der Waals surface area contributed by atoms with Crippen molar-refractivity contribution >= 4 is 22.6 Å². The topological polar surface area (TPSA) is 0 Å². The molecule has 0 N–H and O–H groups in total. The van der Waals surface area contributed by atoms with Gasteiger partial charge in [-0.05, 0) is 6.92 Å². The van der Waals surface area contributed by atoms with Crippen LogP contribution in [0.25, 0.3) is 0 Å². The third-order valence-corrected chi connectivity index (χ3v) is 4.22. The molecule has 17 heavy (non-hydrogen) atoms. The summed E-state index contributed by atoms with van der Waals surface area (Å²) < 4.78 is 113. The van der Waals surface area contributed by atoms with E-state index in [4.69, 9.17) is 0 Å². The maximum Gasteiger partial charge on any atom is 0.350 e. The lowest BCUT2D eigenvalue weighted by atomic mass is 9.76. The molecule has 0 aromatic heterocycles. The van der Waals surface area contributed by atoms with Crippen LogP contribution in [0.2, 0.25) is 0 Å². The summed E-state index contributed by atoms with van der Waals surface area (Å²) in [6.45, 7) is -0.655. The van der Waals surface area contributed by atoms with Gasteiger partial charge in [-0.25, -0.2) is 4.39 Å². The van der Waals surface area contributed by atoms with Gasteiger partial charge in [0, 0.05) is 0 Å². The van der Waals surface area contributed by atoms with Gasteiger partial charge in [-0.15, -0.1) is 0 Å². The van der Waals surface area contributed by atoms with Crippen LogP contribution in [-0.4, -0.2) is 33.3 Å². The molecule has 102 valence electrons. The van der Waals surface area contributed by atoms with Gasteiger partial charge in [-0.1, -0.05) is 22.6 Å². The third kappa shape index (κ3) is 1.38. The van der Waals surface area contributed by atoms with E-state index in [9.17, 15) is 39.5 Å². The Balaban J connectivity index is 3.56.